The maximum Gasteiger partial charge on any atom is 0.292 e. The Morgan fingerprint density at radius 3 is 2.80 bits per heavy atom. The first-order chi connectivity index (χ1) is 11.7. The monoisotopic (exact) mass is 376 g/mol. The summed E-state index contributed by atoms with van der Waals surface area (Å²) in [5.74, 6) is -0.664. The van der Waals surface area contributed by atoms with E-state index in [-0.39, 0.29) is 12.2 Å². The van der Waals surface area contributed by atoms with Crippen molar-refractivity contribution >= 4 is 13.7 Å². The van der Waals surface area contributed by atoms with Crippen molar-refractivity contribution in [2.45, 2.75) is 37.9 Å². The van der Waals surface area contributed by atoms with Gasteiger partial charge in [-0.15, -0.1) is 0 Å². The van der Waals surface area contributed by atoms with Gasteiger partial charge >= 0.3 is 0 Å². The molecule has 0 radical (unpaired) electrons. The highest BCUT2D eigenvalue weighted by Crippen LogP contribution is 2.39. The fraction of sp³-hybridized carbons (Fsp3) is 0.571. The molecule has 1 aliphatic rings. The number of phosphoric acid groups is 1. The predicted octanol–water partition coefficient (Wildman–Crippen LogP) is -1.40. The molecule has 0 spiro atoms. The first-order valence-corrected chi connectivity index (χ1v) is 9.13. The Morgan fingerprint density at radius 2 is 2.16 bits per heavy atom. The van der Waals surface area contributed by atoms with Gasteiger partial charge in [-0.3, -0.25) is 9.36 Å². The minimum absolute atomic E-state index is 0.0180. The summed E-state index contributed by atoms with van der Waals surface area (Å²) in [6.07, 6.45) is -1.52. The van der Waals surface area contributed by atoms with Gasteiger partial charge in [0.1, 0.15) is 17.8 Å². The molecule has 2 rings (SSSR count). The Kier molecular flexibility index (Phi) is 6.64. The topological polar surface area (TPSA) is 155 Å². The first kappa shape index (κ1) is 19.9. The number of hydrogen-bond donors (Lipinski definition) is 3. The number of pyridine rings is 1. The van der Waals surface area contributed by atoms with E-state index in [4.69, 9.17) is 10.5 Å². The Labute approximate surface area is 144 Å². The van der Waals surface area contributed by atoms with Crippen LogP contribution in [0.2, 0.25) is 0 Å². The Balaban J connectivity index is 2.04. The molecular formula is C14H21N2O8P. The lowest BCUT2D eigenvalue weighted by Gasteiger charge is -2.24. The van der Waals surface area contributed by atoms with Crippen LogP contribution in [-0.2, 0) is 18.3 Å². The van der Waals surface area contributed by atoms with Crippen molar-refractivity contribution in [2.75, 3.05) is 13.2 Å². The molecule has 4 N–H and O–H groups in total. The highest BCUT2D eigenvalue weighted by Gasteiger charge is 2.48. The molecule has 1 fully saturated rings. The third kappa shape index (κ3) is 5.05. The second kappa shape index (κ2) is 8.33. The zero-order valence-electron chi connectivity index (χ0n) is 13.6. The zero-order valence-corrected chi connectivity index (χ0v) is 14.5. The standard InChI is InChI=1S/C14H21N2O8P/c1-2-6-22-25(20,21)23-8-10-11(17)12(18)14(24-10)16-5-3-4-9(7-16)13(15)19/h3-5,7,10-12,14,17-18H,2,6,8H2,1H3,(H2-,15,19,20,21)/t10-,11-,12-,14-/m1/s1. The lowest BCUT2D eigenvalue weighted by Crippen LogP contribution is -2.46. The number of hydrogen-bond acceptors (Lipinski definition) is 8. The third-order valence-corrected chi connectivity index (χ3v) is 4.55. The lowest BCUT2D eigenvalue weighted by atomic mass is 10.1. The molecule has 1 saturated heterocycles. The second-order valence-corrected chi connectivity index (χ2v) is 6.94. The predicted molar refractivity (Wildman–Crippen MR) is 80.9 cm³/mol. The van der Waals surface area contributed by atoms with Crippen molar-refractivity contribution in [2.24, 2.45) is 5.73 Å². The number of aliphatic hydroxyl groups is 2. The molecule has 25 heavy (non-hydrogen) atoms. The molecule has 0 bridgehead atoms. The number of carbonyl (C=O) groups excluding carboxylic acids is 1. The number of aromatic nitrogens is 1. The van der Waals surface area contributed by atoms with Crippen molar-refractivity contribution in [3.63, 3.8) is 0 Å². The Hall–Kier alpha value is -1.39. The quantitative estimate of drug-likeness (QED) is 0.370. The number of carbonyl (C=O) groups is 1. The van der Waals surface area contributed by atoms with Crippen LogP contribution >= 0.6 is 7.82 Å². The van der Waals surface area contributed by atoms with E-state index >= 15 is 0 Å². The largest absolute Gasteiger partial charge is 0.756 e. The van der Waals surface area contributed by atoms with Gasteiger partial charge in [0.15, 0.2) is 18.5 Å². The van der Waals surface area contributed by atoms with E-state index in [1.165, 1.54) is 29.1 Å². The number of nitrogens with two attached hydrogens (primary N) is 1. The molecule has 140 valence electrons. The molecular weight excluding hydrogens is 355 g/mol. The van der Waals surface area contributed by atoms with Crippen LogP contribution in [0.4, 0.5) is 0 Å². The fourth-order valence-electron chi connectivity index (χ4n) is 2.32. The molecule has 0 aliphatic carbocycles. The van der Waals surface area contributed by atoms with E-state index in [1.807, 2.05) is 0 Å². The van der Waals surface area contributed by atoms with Crippen LogP contribution in [-0.4, -0.2) is 47.6 Å². The minimum Gasteiger partial charge on any atom is -0.756 e. The maximum atomic E-state index is 11.5. The average Bonchev–Trinajstić information content (AvgIpc) is 2.87. The highest BCUT2D eigenvalue weighted by atomic mass is 31.2. The Morgan fingerprint density at radius 1 is 1.44 bits per heavy atom. The highest BCUT2D eigenvalue weighted by molar-refractivity contribution is 7.45. The van der Waals surface area contributed by atoms with Crippen LogP contribution in [0.25, 0.3) is 0 Å². The van der Waals surface area contributed by atoms with Crippen molar-refractivity contribution < 1.29 is 42.8 Å². The van der Waals surface area contributed by atoms with Crippen molar-refractivity contribution in [3.05, 3.63) is 30.1 Å². The van der Waals surface area contributed by atoms with Crippen LogP contribution in [0.1, 0.15) is 29.9 Å². The van der Waals surface area contributed by atoms with Crippen LogP contribution in [0, 0.1) is 0 Å². The van der Waals surface area contributed by atoms with E-state index in [0.717, 1.165) is 0 Å². The number of nitrogens with zero attached hydrogens (tertiary/aromatic N) is 1. The molecule has 10 nitrogen and oxygen atoms in total. The first-order valence-electron chi connectivity index (χ1n) is 7.67. The van der Waals surface area contributed by atoms with Gasteiger partial charge in [0, 0.05) is 6.07 Å². The molecule has 0 aromatic carbocycles. The summed E-state index contributed by atoms with van der Waals surface area (Å²) in [5.41, 5.74) is 5.39. The minimum atomic E-state index is -4.51. The number of ether oxygens (including phenoxy) is 1. The van der Waals surface area contributed by atoms with Gasteiger partial charge < -0.3 is 34.6 Å². The van der Waals surface area contributed by atoms with Crippen LogP contribution in [0.15, 0.2) is 24.5 Å². The fourth-order valence-corrected chi connectivity index (χ4v) is 3.13. The summed E-state index contributed by atoms with van der Waals surface area (Å²) >= 11 is 0. The molecule has 2 heterocycles. The third-order valence-electron chi connectivity index (χ3n) is 3.59. The van der Waals surface area contributed by atoms with Crippen LogP contribution < -0.4 is 15.2 Å². The van der Waals surface area contributed by atoms with E-state index in [1.54, 1.807) is 6.92 Å². The van der Waals surface area contributed by atoms with Crippen LogP contribution in [0.3, 0.4) is 0 Å². The average molecular weight is 376 g/mol. The van der Waals surface area contributed by atoms with Crippen molar-refractivity contribution in [1.82, 2.24) is 0 Å². The summed E-state index contributed by atoms with van der Waals surface area (Å²) in [6, 6.07) is 3.01. The number of rotatable bonds is 8. The summed E-state index contributed by atoms with van der Waals surface area (Å²) in [7, 11) is -4.51. The van der Waals surface area contributed by atoms with Crippen LogP contribution in [0.5, 0.6) is 0 Å². The van der Waals surface area contributed by atoms with Gasteiger partial charge in [0.25, 0.3) is 20.0 Å². The maximum absolute atomic E-state index is 11.5. The molecule has 0 saturated carbocycles. The Bertz CT molecular complexity index is 657. The molecule has 1 aliphatic heterocycles. The summed E-state index contributed by atoms with van der Waals surface area (Å²) < 4.78 is 27.6. The summed E-state index contributed by atoms with van der Waals surface area (Å²) in [4.78, 5) is 22.8. The number of aliphatic hydroxyl groups excluding tert-OH is 2. The van der Waals surface area contributed by atoms with Gasteiger partial charge in [0.05, 0.1) is 13.2 Å². The normalized spacial score (nSPS) is 28.6. The smallest absolute Gasteiger partial charge is 0.292 e. The number of primary amides is 1. The number of amides is 1. The summed E-state index contributed by atoms with van der Waals surface area (Å²) in [6.45, 7) is 1.20. The molecule has 1 aromatic heterocycles. The van der Waals surface area contributed by atoms with E-state index in [9.17, 15) is 24.5 Å². The molecule has 11 heteroatoms. The molecule has 1 aromatic rings. The van der Waals surface area contributed by atoms with E-state index < -0.39 is 44.9 Å². The number of phosphoric ester groups is 1. The van der Waals surface area contributed by atoms with Gasteiger partial charge in [0.2, 0.25) is 0 Å². The molecule has 1 amide bonds. The van der Waals surface area contributed by atoms with Gasteiger partial charge in [-0.25, -0.2) is 0 Å². The van der Waals surface area contributed by atoms with E-state index in [2.05, 4.69) is 9.05 Å². The molecule has 5 atom stereocenters. The van der Waals surface area contributed by atoms with Crippen molar-refractivity contribution in [1.29, 1.82) is 0 Å². The van der Waals surface area contributed by atoms with Gasteiger partial charge in [-0.05, 0) is 12.5 Å². The SMILES string of the molecule is CCCOP(=O)([O-])OC[C@H]1O[C@@H]([n+]2cccc(C(N)=O)c2)[C@H](O)[C@@H]1O. The zero-order chi connectivity index (χ0) is 18.6. The van der Waals surface area contributed by atoms with Gasteiger partial charge in [-0.2, -0.15) is 4.57 Å². The molecule has 1 unspecified atom stereocenters. The lowest BCUT2D eigenvalue weighted by molar-refractivity contribution is -0.765. The summed E-state index contributed by atoms with van der Waals surface area (Å²) in [5, 5.41) is 20.2. The van der Waals surface area contributed by atoms with E-state index in [0.29, 0.717) is 6.42 Å². The second-order valence-electron chi connectivity index (χ2n) is 5.53. The van der Waals surface area contributed by atoms with Crippen molar-refractivity contribution in [3.8, 4) is 0 Å². The van der Waals surface area contributed by atoms with Gasteiger partial charge in [-0.1, -0.05) is 6.92 Å².